The van der Waals surface area contributed by atoms with Crippen molar-refractivity contribution < 1.29 is 13.7 Å². The van der Waals surface area contributed by atoms with Crippen molar-refractivity contribution in [1.82, 2.24) is 10.1 Å². The minimum Gasteiger partial charge on any atom is -0.472 e. The smallest absolute Gasteiger partial charge is 0.227 e. The molecule has 3 rings (SSSR count). The second-order valence-corrected chi connectivity index (χ2v) is 4.70. The van der Waals surface area contributed by atoms with Crippen molar-refractivity contribution in [2.45, 2.75) is 37.7 Å². The zero-order valence-corrected chi connectivity index (χ0v) is 10.4. The predicted molar refractivity (Wildman–Crippen MR) is 63.0 cm³/mol. The van der Waals surface area contributed by atoms with Crippen molar-refractivity contribution in [3.05, 3.63) is 35.9 Å². The molecule has 0 N–H and O–H groups in total. The lowest BCUT2D eigenvalue weighted by Crippen LogP contribution is -2.37. The second kappa shape index (κ2) is 4.57. The van der Waals surface area contributed by atoms with E-state index in [1.165, 1.54) is 0 Å². The zero-order chi connectivity index (χ0) is 12.4. The van der Waals surface area contributed by atoms with E-state index < -0.39 is 0 Å². The molecule has 0 aromatic carbocycles. The standard InChI is InChI=1S/C13H16N2O3/c1-16-13(6-2-7-13)12-14-11(18-15-12)4-3-10-5-8-17-9-10/h5,8-9H,2-4,6-7H2,1H3. The van der Waals surface area contributed by atoms with Gasteiger partial charge in [-0.15, -0.1) is 0 Å². The van der Waals surface area contributed by atoms with Crippen molar-refractivity contribution in [3.63, 3.8) is 0 Å². The third-order valence-corrected chi connectivity index (χ3v) is 3.64. The number of aromatic nitrogens is 2. The van der Waals surface area contributed by atoms with Crippen LogP contribution in [-0.2, 0) is 23.2 Å². The van der Waals surface area contributed by atoms with Crippen molar-refractivity contribution in [2.75, 3.05) is 7.11 Å². The second-order valence-electron chi connectivity index (χ2n) is 4.70. The summed E-state index contributed by atoms with van der Waals surface area (Å²) in [7, 11) is 1.71. The average Bonchev–Trinajstić information content (AvgIpc) is 2.97. The van der Waals surface area contributed by atoms with Crippen molar-refractivity contribution in [1.29, 1.82) is 0 Å². The number of hydrogen-bond donors (Lipinski definition) is 0. The molecular formula is C13H16N2O3. The van der Waals surface area contributed by atoms with E-state index in [2.05, 4.69) is 10.1 Å². The van der Waals surface area contributed by atoms with Crippen molar-refractivity contribution in [3.8, 4) is 0 Å². The number of nitrogens with zero attached hydrogens (tertiary/aromatic N) is 2. The Morgan fingerprint density at radius 1 is 1.39 bits per heavy atom. The normalized spacial score (nSPS) is 17.6. The summed E-state index contributed by atoms with van der Waals surface area (Å²) in [6.45, 7) is 0. The highest BCUT2D eigenvalue weighted by Gasteiger charge is 2.43. The largest absolute Gasteiger partial charge is 0.472 e. The van der Waals surface area contributed by atoms with Crippen LogP contribution in [0.4, 0.5) is 0 Å². The monoisotopic (exact) mass is 248 g/mol. The summed E-state index contributed by atoms with van der Waals surface area (Å²) < 4.78 is 15.8. The molecule has 5 nitrogen and oxygen atoms in total. The number of rotatable bonds is 5. The zero-order valence-electron chi connectivity index (χ0n) is 10.4. The Morgan fingerprint density at radius 3 is 2.89 bits per heavy atom. The van der Waals surface area contributed by atoms with Gasteiger partial charge in [0.1, 0.15) is 5.60 Å². The maximum atomic E-state index is 5.52. The Balaban J connectivity index is 1.66. The van der Waals surface area contributed by atoms with E-state index >= 15 is 0 Å². The maximum Gasteiger partial charge on any atom is 0.227 e. The molecule has 0 aliphatic heterocycles. The lowest BCUT2D eigenvalue weighted by atomic mass is 9.79. The Morgan fingerprint density at radius 2 is 2.28 bits per heavy atom. The Labute approximate surface area is 105 Å². The lowest BCUT2D eigenvalue weighted by Gasteiger charge is -2.37. The average molecular weight is 248 g/mol. The van der Waals surface area contributed by atoms with Crippen LogP contribution in [0.5, 0.6) is 0 Å². The summed E-state index contributed by atoms with van der Waals surface area (Å²) in [5.41, 5.74) is 0.844. The SMILES string of the molecule is COC1(c2noc(CCc3ccoc3)n2)CCC1. The first kappa shape index (κ1) is 11.5. The molecule has 0 spiro atoms. The molecule has 0 unspecified atom stereocenters. The Hall–Kier alpha value is -1.62. The van der Waals surface area contributed by atoms with Gasteiger partial charge in [-0.2, -0.15) is 4.98 Å². The molecule has 0 radical (unpaired) electrons. The van der Waals surface area contributed by atoms with Crippen LogP contribution >= 0.6 is 0 Å². The molecule has 1 aliphatic carbocycles. The molecule has 0 atom stereocenters. The van der Waals surface area contributed by atoms with Crippen LogP contribution in [0.1, 0.15) is 36.5 Å². The first-order valence-corrected chi connectivity index (χ1v) is 6.22. The molecule has 96 valence electrons. The summed E-state index contributed by atoms with van der Waals surface area (Å²) in [5, 5.41) is 4.05. The minimum atomic E-state index is -0.294. The predicted octanol–water partition coefficient (Wildman–Crippen LogP) is 2.47. The van der Waals surface area contributed by atoms with Crippen LogP contribution in [0.3, 0.4) is 0 Å². The third kappa shape index (κ3) is 1.95. The number of hydrogen-bond acceptors (Lipinski definition) is 5. The van der Waals surface area contributed by atoms with Crippen molar-refractivity contribution in [2.24, 2.45) is 0 Å². The van der Waals surface area contributed by atoms with Crippen LogP contribution in [0.15, 0.2) is 27.5 Å². The molecule has 1 saturated carbocycles. The molecule has 0 saturated heterocycles. The molecule has 2 heterocycles. The van der Waals surface area contributed by atoms with Crippen LogP contribution in [0.25, 0.3) is 0 Å². The highest BCUT2D eigenvalue weighted by atomic mass is 16.5. The Bertz CT molecular complexity index is 495. The molecule has 2 aromatic heterocycles. The summed E-state index contributed by atoms with van der Waals surface area (Å²) >= 11 is 0. The number of furan rings is 1. The molecular weight excluding hydrogens is 232 g/mol. The van der Waals surface area contributed by atoms with Gasteiger partial charge in [-0.3, -0.25) is 0 Å². The van der Waals surface area contributed by atoms with E-state index in [9.17, 15) is 0 Å². The van der Waals surface area contributed by atoms with E-state index in [1.54, 1.807) is 19.6 Å². The summed E-state index contributed by atoms with van der Waals surface area (Å²) in [5.74, 6) is 1.35. The molecule has 1 fully saturated rings. The first-order valence-electron chi connectivity index (χ1n) is 6.22. The van der Waals surface area contributed by atoms with Crippen LogP contribution in [0, 0.1) is 0 Å². The molecule has 2 aromatic rings. The minimum absolute atomic E-state index is 0.294. The van der Waals surface area contributed by atoms with Crippen LogP contribution in [0.2, 0.25) is 0 Å². The maximum absolute atomic E-state index is 5.52. The van der Waals surface area contributed by atoms with E-state index in [1.807, 2.05) is 6.07 Å². The lowest BCUT2D eigenvalue weighted by molar-refractivity contribution is -0.0858. The Kier molecular flexibility index (Phi) is 2.91. The fraction of sp³-hybridized carbons (Fsp3) is 0.538. The number of aryl methyl sites for hydroxylation is 2. The first-order chi connectivity index (χ1) is 8.82. The van der Waals surface area contributed by atoms with Gasteiger partial charge in [0.25, 0.3) is 0 Å². The number of methoxy groups -OCH3 is 1. The van der Waals surface area contributed by atoms with Gasteiger partial charge in [-0.1, -0.05) is 5.16 Å². The van der Waals surface area contributed by atoms with Gasteiger partial charge in [0.15, 0.2) is 0 Å². The van der Waals surface area contributed by atoms with Gasteiger partial charge in [-0.05, 0) is 37.3 Å². The van der Waals surface area contributed by atoms with Gasteiger partial charge in [-0.25, -0.2) is 0 Å². The molecule has 0 amide bonds. The van der Waals surface area contributed by atoms with E-state index in [0.717, 1.165) is 37.7 Å². The van der Waals surface area contributed by atoms with Gasteiger partial charge in [0.2, 0.25) is 11.7 Å². The highest BCUT2D eigenvalue weighted by Crippen LogP contribution is 2.42. The summed E-state index contributed by atoms with van der Waals surface area (Å²) in [4.78, 5) is 4.44. The molecule has 1 aliphatic rings. The van der Waals surface area contributed by atoms with Crippen LogP contribution < -0.4 is 0 Å². The molecule has 0 bridgehead atoms. The van der Waals surface area contributed by atoms with Gasteiger partial charge in [0, 0.05) is 13.5 Å². The molecule has 5 heteroatoms. The van der Waals surface area contributed by atoms with Gasteiger partial charge in [0.05, 0.1) is 12.5 Å². The summed E-state index contributed by atoms with van der Waals surface area (Å²) in [6.07, 6.45) is 8.09. The van der Waals surface area contributed by atoms with Gasteiger partial charge >= 0.3 is 0 Å². The van der Waals surface area contributed by atoms with Crippen molar-refractivity contribution >= 4 is 0 Å². The van der Waals surface area contributed by atoms with E-state index in [-0.39, 0.29) is 5.60 Å². The van der Waals surface area contributed by atoms with E-state index in [4.69, 9.17) is 13.7 Å². The quantitative estimate of drug-likeness (QED) is 0.813. The fourth-order valence-corrected chi connectivity index (χ4v) is 2.24. The van der Waals surface area contributed by atoms with E-state index in [0.29, 0.717) is 11.7 Å². The highest BCUT2D eigenvalue weighted by molar-refractivity contribution is 5.09. The number of ether oxygens (including phenoxy) is 1. The summed E-state index contributed by atoms with van der Waals surface area (Å²) in [6, 6.07) is 1.94. The molecule has 18 heavy (non-hydrogen) atoms. The van der Waals surface area contributed by atoms with Gasteiger partial charge < -0.3 is 13.7 Å². The third-order valence-electron chi connectivity index (χ3n) is 3.64. The fourth-order valence-electron chi connectivity index (χ4n) is 2.24. The van der Waals surface area contributed by atoms with Crippen LogP contribution in [-0.4, -0.2) is 17.3 Å². The topological polar surface area (TPSA) is 61.3 Å².